The molecule has 94 valence electrons. The highest BCUT2D eigenvalue weighted by molar-refractivity contribution is 5.91. The molecule has 18 heavy (non-hydrogen) atoms. The molecule has 2 N–H and O–H groups in total. The minimum Gasteiger partial charge on any atom is -0.350 e. The smallest absolute Gasteiger partial charge is 0.273 e. The molecule has 0 fully saturated rings. The van der Waals surface area contributed by atoms with Gasteiger partial charge in [0.05, 0.1) is 6.20 Å². The van der Waals surface area contributed by atoms with E-state index < -0.39 is 17.5 Å². The van der Waals surface area contributed by atoms with Gasteiger partial charge in [0.1, 0.15) is 11.6 Å². The van der Waals surface area contributed by atoms with Crippen molar-refractivity contribution in [2.45, 2.75) is 6.42 Å². The molecule has 0 saturated carbocycles. The summed E-state index contributed by atoms with van der Waals surface area (Å²) in [5.74, 6) is -1.64. The van der Waals surface area contributed by atoms with Crippen LogP contribution in [0, 0.1) is 11.6 Å². The van der Waals surface area contributed by atoms with E-state index >= 15 is 0 Å². The van der Waals surface area contributed by atoms with Crippen LogP contribution in [0.25, 0.3) is 0 Å². The molecule has 0 bridgehead atoms. The zero-order valence-corrected chi connectivity index (χ0v) is 9.28. The third-order valence-electron chi connectivity index (χ3n) is 2.34. The number of hydrogen-bond acceptors (Lipinski definition) is 3. The molecular weight excluding hydrogens is 242 g/mol. The molecule has 0 aliphatic carbocycles. The van der Waals surface area contributed by atoms with E-state index in [1.807, 2.05) is 0 Å². The molecule has 5 nitrogen and oxygen atoms in total. The van der Waals surface area contributed by atoms with Crippen LogP contribution in [0.4, 0.5) is 8.78 Å². The van der Waals surface area contributed by atoms with E-state index in [4.69, 9.17) is 0 Å². The summed E-state index contributed by atoms with van der Waals surface area (Å²) in [6, 6.07) is 3.35. The predicted molar refractivity (Wildman–Crippen MR) is 58.8 cm³/mol. The number of aromatic amines is 1. The topological polar surface area (TPSA) is 70.7 Å². The molecule has 0 aliphatic heterocycles. The van der Waals surface area contributed by atoms with Crippen molar-refractivity contribution in [2.24, 2.45) is 0 Å². The molecule has 0 radical (unpaired) electrons. The lowest BCUT2D eigenvalue weighted by atomic mass is 10.1. The SMILES string of the molecule is O=C(NCCc1ccc(F)cc1F)c1cn[nH]n1. The van der Waals surface area contributed by atoms with E-state index in [-0.39, 0.29) is 18.7 Å². The van der Waals surface area contributed by atoms with Crippen molar-refractivity contribution in [2.75, 3.05) is 6.54 Å². The lowest BCUT2D eigenvalue weighted by Crippen LogP contribution is -2.26. The van der Waals surface area contributed by atoms with E-state index in [9.17, 15) is 13.6 Å². The fourth-order valence-corrected chi connectivity index (χ4v) is 1.44. The molecule has 1 amide bonds. The van der Waals surface area contributed by atoms with Gasteiger partial charge in [0, 0.05) is 12.6 Å². The van der Waals surface area contributed by atoms with Crippen LogP contribution in [0.2, 0.25) is 0 Å². The normalized spacial score (nSPS) is 10.3. The van der Waals surface area contributed by atoms with E-state index in [1.165, 1.54) is 18.3 Å². The van der Waals surface area contributed by atoms with Gasteiger partial charge in [-0.25, -0.2) is 8.78 Å². The summed E-state index contributed by atoms with van der Waals surface area (Å²) < 4.78 is 25.9. The van der Waals surface area contributed by atoms with Gasteiger partial charge in [-0.05, 0) is 18.1 Å². The molecule has 0 spiro atoms. The summed E-state index contributed by atoms with van der Waals surface area (Å²) in [6.07, 6.45) is 1.56. The Bertz CT molecular complexity index is 542. The molecule has 0 aliphatic rings. The number of amides is 1. The Kier molecular flexibility index (Phi) is 3.61. The number of rotatable bonds is 4. The number of aromatic nitrogens is 3. The maximum absolute atomic E-state index is 13.3. The molecular formula is C11H10F2N4O. The summed E-state index contributed by atoms with van der Waals surface area (Å²) in [7, 11) is 0. The summed E-state index contributed by atoms with van der Waals surface area (Å²) in [5.41, 5.74) is 0.506. The Hall–Kier alpha value is -2.31. The monoisotopic (exact) mass is 252 g/mol. The Labute approximate surface area is 101 Å². The molecule has 1 heterocycles. The largest absolute Gasteiger partial charge is 0.350 e. The third-order valence-corrected chi connectivity index (χ3v) is 2.34. The average molecular weight is 252 g/mol. The Balaban J connectivity index is 1.87. The molecule has 0 saturated heterocycles. The first-order valence-electron chi connectivity index (χ1n) is 5.24. The fourth-order valence-electron chi connectivity index (χ4n) is 1.44. The number of hydrogen-bond donors (Lipinski definition) is 2. The Morgan fingerprint density at radius 1 is 1.39 bits per heavy atom. The second kappa shape index (κ2) is 5.35. The van der Waals surface area contributed by atoms with Gasteiger partial charge in [-0.15, -0.1) is 0 Å². The second-order valence-electron chi connectivity index (χ2n) is 3.60. The van der Waals surface area contributed by atoms with Gasteiger partial charge >= 0.3 is 0 Å². The van der Waals surface area contributed by atoms with Crippen LogP contribution < -0.4 is 5.32 Å². The number of carbonyl (C=O) groups is 1. The maximum Gasteiger partial charge on any atom is 0.273 e. The summed E-state index contributed by atoms with van der Waals surface area (Å²) >= 11 is 0. The predicted octanol–water partition coefficient (Wildman–Crippen LogP) is 1.06. The van der Waals surface area contributed by atoms with Gasteiger partial charge in [0.15, 0.2) is 5.69 Å². The lowest BCUT2D eigenvalue weighted by molar-refractivity contribution is 0.0949. The average Bonchev–Trinajstić information content (AvgIpc) is 2.85. The van der Waals surface area contributed by atoms with Crippen molar-refractivity contribution in [3.63, 3.8) is 0 Å². The Morgan fingerprint density at radius 2 is 2.22 bits per heavy atom. The van der Waals surface area contributed by atoms with E-state index in [0.717, 1.165) is 6.07 Å². The van der Waals surface area contributed by atoms with Crippen LogP contribution in [0.5, 0.6) is 0 Å². The van der Waals surface area contributed by atoms with Crippen LogP contribution in [0.15, 0.2) is 24.4 Å². The van der Waals surface area contributed by atoms with E-state index in [0.29, 0.717) is 5.56 Å². The van der Waals surface area contributed by atoms with Crippen molar-refractivity contribution in [3.05, 3.63) is 47.3 Å². The molecule has 2 aromatic rings. The van der Waals surface area contributed by atoms with Crippen LogP contribution in [-0.4, -0.2) is 27.9 Å². The summed E-state index contributed by atoms with van der Waals surface area (Å²) in [5, 5.41) is 12.0. The van der Waals surface area contributed by atoms with Gasteiger partial charge < -0.3 is 5.32 Å². The standard InChI is InChI=1S/C11H10F2N4O/c12-8-2-1-7(9(13)5-8)3-4-14-11(18)10-6-15-17-16-10/h1-2,5-6H,3-4H2,(H,14,18)(H,15,16,17). The first kappa shape index (κ1) is 12.2. The lowest BCUT2D eigenvalue weighted by Gasteiger charge is -2.04. The molecule has 0 unspecified atom stereocenters. The van der Waals surface area contributed by atoms with Crippen LogP contribution in [0.3, 0.4) is 0 Å². The highest BCUT2D eigenvalue weighted by Gasteiger charge is 2.08. The van der Waals surface area contributed by atoms with Gasteiger partial charge in [-0.1, -0.05) is 6.07 Å². The number of H-pyrrole nitrogens is 1. The highest BCUT2D eigenvalue weighted by atomic mass is 19.1. The number of nitrogens with one attached hydrogen (secondary N) is 2. The van der Waals surface area contributed by atoms with Crippen molar-refractivity contribution < 1.29 is 13.6 Å². The number of benzene rings is 1. The van der Waals surface area contributed by atoms with Crippen molar-refractivity contribution >= 4 is 5.91 Å². The fraction of sp³-hybridized carbons (Fsp3) is 0.182. The third kappa shape index (κ3) is 2.88. The number of halogens is 2. The van der Waals surface area contributed by atoms with Crippen LogP contribution >= 0.6 is 0 Å². The second-order valence-corrected chi connectivity index (χ2v) is 3.60. The summed E-state index contributed by atoms with van der Waals surface area (Å²) in [4.78, 5) is 11.4. The van der Waals surface area contributed by atoms with E-state index in [2.05, 4.69) is 20.7 Å². The number of nitrogens with zero attached hydrogens (tertiary/aromatic N) is 2. The minimum atomic E-state index is -0.622. The summed E-state index contributed by atoms with van der Waals surface area (Å²) in [6.45, 7) is 0.230. The molecule has 0 atom stereocenters. The van der Waals surface area contributed by atoms with Crippen molar-refractivity contribution in [3.8, 4) is 0 Å². The van der Waals surface area contributed by atoms with Gasteiger partial charge in [0.2, 0.25) is 0 Å². The highest BCUT2D eigenvalue weighted by Crippen LogP contribution is 2.09. The Morgan fingerprint density at radius 3 is 2.89 bits per heavy atom. The molecule has 1 aromatic heterocycles. The minimum absolute atomic E-state index is 0.162. The molecule has 2 rings (SSSR count). The molecule has 1 aromatic carbocycles. The van der Waals surface area contributed by atoms with E-state index in [1.54, 1.807) is 0 Å². The maximum atomic E-state index is 13.3. The van der Waals surface area contributed by atoms with Gasteiger partial charge in [-0.3, -0.25) is 4.79 Å². The van der Waals surface area contributed by atoms with Crippen molar-refractivity contribution in [1.29, 1.82) is 0 Å². The number of carbonyl (C=O) groups excluding carboxylic acids is 1. The van der Waals surface area contributed by atoms with Gasteiger partial charge in [-0.2, -0.15) is 15.4 Å². The van der Waals surface area contributed by atoms with Gasteiger partial charge in [0.25, 0.3) is 5.91 Å². The first-order chi connectivity index (χ1) is 8.66. The van der Waals surface area contributed by atoms with Crippen molar-refractivity contribution in [1.82, 2.24) is 20.7 Å². The quantitative estimate of drug-likeness (QED) is 0.854. The van der Waals surface area contributed by atoms with Crippen LogP contribution in [0.1, 0.15) is 16.1 Å². The zero-order chi connectivity index (χ0) is 13.0. The molecule has 7 heteroatoms. The zero-order valence-electron chi connectivity index (χ0n) is 9.28. The first-order valence-corrected chi connectivity index (χ1v) is 5.24. The van der Waals surface area contributed by atoms with Crippen LogP contribution in [-0.2, 0) is 6.42 Å².